The molecule has 1 heterocycles. The van der Waals surface area contributed by atoms with Crippen molar-refractivity contribution in [3.63, 3.8) is 0 Å². The van der Waals surface area contributed by atoms with Crippen molar-refractivity contribution in [2.75, 3.05) is 13.2 Å². The Morgan fingerprint density at radius 2 is 1.58 bits per heavy atom. The Morgan fingerprint density at radius 1 is 0.972 bits per heavy atom. The van der Waals surface area contributed by atoms with Gasteiger partial charge in [-0.25, -0.2) is 0 Å². The molecule has 1 aliphatic heterocycles. The summed E-state index contributed by atoms with van der Waals surface area (Å²) in [4.78, 5) is 13.5. The summed E-state index contributed by atoms with van der Waals surface area (Å²) in [5.74, 6) is -0.803. The molecule has 0 unspecified atom stereocenters. The summed E-state index contributed by atoms with van der Waals surface area (Å²) >= 11 is 18.9. The second-order valence-electron chi connectivity index (χ2n) is 9.02. The van der Waals surface area contributed by atoms with Crippen LogP contribution >= 0.6 is 34.8 Å². The second-order valence-corrected chi connectivity index (χ2v) is 10.3. The summed E-state index contributed by atoms with van der Waals surface area (Å²) in [6.07, 6.45) is -0.688. The van der Waals surface area contributed by atoms with Crippen LogP contribution in [0, 0.1) is 0 Å². The van der Waals surface area contributed by atoms with E-state index in [1.54, 1.807) is 24.3 Å². The lowest BCUT2D eigenvalue weighted by Gasteiger charge is -2.38. The molecule has 0 saturated carbocycles. The number of carbonyl (C=O) groups excluding carboxylic acids is 1. The number of carbonyl (C=O) groups is 1. The minimum absolute atomic E-state index is 0.196. The first-order valence-corrected chi connectivity index (χ1v) is 12.8. The number of aliphatic hydroxyl groups is 2. The normalized spacial score (nSPS) is 24.4. The van der Waals surface area contributed by atoms with Gasteiger partial charge in [0.1, 0.15) is 0 Å². The van der Waals surface area contributed by atoms with Crippen molar-refractivity contribution in [3.8, 4) is 0 Å². The maximum atomic E-state index is 13.5. The molecule has 1 fully saturated rings. The van der Waals surface area contributed by atoms with Gasteiger partial charge in [-0.1, -0.05) is 71.2 Å². The van der Waals surface area contributed by atoms with Crippen molar-refractivity contribution in [2.24, 2.45) is 5.73 Å². The molecule has 3 aromatic carbocycles. The monoisotopic (exact) mass is 547 g/mol. The van der Waals surface area contributed by atoms with Crippen LogP contribution in [-0.4, -0.2) is 41.4 Å². The van der Waals surface area contributed by atoms with Crippen LogP contribution in [0.2, 0.25) is 15.1 Å². The fourth-order valence-electron chi connectivity index (χ4n) is 4.97. The largest absolute Gasteiger partial charge is 0.394 e. The number of hydrogen-bond donors (Lipinski definition) is 5. The molecule has 0 radical (unpaired) electrons. The minimum atomic E-state index is -1.09. The molecule has 0 aliphatic carbocycles. The van der Waals surface area contributed by atoms with Crippen molar-refractivity contribution in [2.45, 2.75) is 36.1 Å². The van der Waals surface area contributed by atoms with Crippen LogP contribution in [0.15, 0.2) is 72.8 Å². The first-order valence-electron chi connectivity index (χ1n) is 11.6. The van der Waals surface area contributed by atoms with E-state index in [9.17, 15) is 9.90 Å². The molecule has 0 bridgehead atoms. The average Bonchev–Trinajstić information content (AvgIpc) is 3.18. The molecule has 1 saturated heterocycles. The quantitative estimate of drug-likeness (QED) is 0.291. The molecule has 36 heavy (non-hydrogen) atoms. The summed E-state index contributed by atoms with van der Waals surface area (Å²) in [6, 6.07) is 20.8. The molecule has 4 rings (SSSR count). The molecule has 3 aromatic rings. The van der Waals surface area contributed by atoms with Gasteiger partial charge in [-0.05, 0) is 59.5 Å². The van der Waals surface area contributed by atoms with Gasteiger partial charge in [-0.2, -0.15) is 0 Å². The third-order valence-corrected chi connectivity index (χ3v) is 7.40. The van der Waals surface area contributed by atoms with Gasteiger partial charge in [-0.15, -0.1) is 0 Å². The molecule has 1 amide bonds. The summed E-state index contributed by atoms with van der Waals surface area (Å²) in [6.45, 7) is -0.177. The smallest absolute Gasteiger partial charge is 0.237 e. The van der Waals surface area contributed by atoms with Crippen molar-refractivity contribution in [1.82, 2.24) is 10.6 Å². The molecule has 6 N–H and O–H groups in total. The molecular weight excluding hydrogens is 521 g/mol. The lowest BCUT2D eigenvalue weighted by atomic mass is 9.70. The van der Waals surface area contributed by atoms with E-state index in [2.05, 4.69) is 10.6 Å². The first kappa shape index (κ1) is 26.9. The van der Waals surface area contributed by atoms with Crippen molar-refractivity contribution in [1.29, 1.82) is 0 Å². The molecule has 0 spiro atoms. The van der Waals surface area contributed by atoms with Gasteiger partial charge in [0.15, 0.2) is 0 Å². The van der Waals surface area contributed by atoms with E-state index in [0.29, 0.717) is 15.1 Å². The zero-order valence-electron chi connectivity index (χ0n) is 19.4. The Bertz CT molecular complexity index is 1210. The van der Waals surface area contributed by atoms with Gasteiger partial charge in [0.2, 0.25) is 5.91 Å². The van der Waals surface area contributed by atoms with Gasteiger partial charge in [0.25, 0.3) is 0 Å². The predicted molar refractivity (Wildman–Crippen MR) is 143 cm³/mol. The predicted octanol–water partition coefficient (Wildman–Crippen LogP) is 4.16. The standard InChI is InChI=1S/C27H28Cl3N3O3/c28-19-9-7-18(8-10-19)27(31)23(16-3-1-5-20(29)13-16)24(26(36)32-12-11-22(35)15-34)33-25(27)17-4-2-6-21(30)14-17/h1-10,13-14,22-25,33-35H,11-12,15,31H2,(H,32,36)/t22-,23-,24+,25-,27-/m0/s1. The Balaban J connectivity index is 1.83. The highest BCUT2D eigenvalue weighted by atomic mass is 35.5. The Morgan fingerprint density at radius 3 is 2.19 bits per heavy atom. The van der Waals surface area contributed by atoms with E-state index < -0.39 is 29.6 Å². The fraction of sp³-hybridized carbons (Fsp3) is 0.296. The highest BCUT2D eigenvalue weighted by Gasteiger charge is 2.56. The Kier molecular flexibility index (Phi) is 8.58. The van der Waals surface area contributed by atoms with Gasteiger partial charge in [0.05, 0.1) is 30.3 Å². The van der Waals surface area contributed by atoms with Crippen molar-refractivity contribution < 1.29 is 15.0 Å². The number of halogens is 3. The van der Waals surface area contributed by atoms with E-state index in [1.165, 1.54) is 0 Å². The molecule has 1 aliphatic rings. The topological polar surface area (TPSA) is 108 Å². The number of amides is 1. The van der Waals surface area contributed by atoms with Crippen LogP contribution in [0.4, 0.5) is 0 Å². The minimum Gasteiger partial charge on any atom is -0.394 e. The Labute approximate surface area is 225 Å². The Hall–Kier alpha value is -2.16. The van der Waals surface area contributed by atoms with E-state index >= 15 is 0 Å². The molecule has 9 heteroatoms. The average molecular weight is 549 g/mol. The van der Waals surface area contributed by atoms with E-state index in [4.69, 9.17) is 45.6 Å². The van der Waals surface area contributed by atoms with Crippen LogP contribution < -0.4 is 16.4 Å². The van der Waals surface area contributed by atoms with Crippen LogP contribution in [0.5, 0.6) is 0 Å². The molecule has 6 nitrogen and oxygen atoms in total. The second kappa shape index (κ2) is 11.5. The molecule has 0 aromatic heterocycles. The van der Waals surface area contributed by atoms with Crippen LogP contribution in [0.1, 0.15) is 35.1 Å². The van der Waals surface area contributed by atoms with Gasteiger partial charge in [-0.3, -0.25) is 10.1 Å². The fourth-order valence-corrected chi connectivity index (χ4v) is 5.49. The number of hydrogen-bond acceptors (Lipinski definition) is 5. The van der Waals surface area contributed by atoms with Crippen molar-refractivity contribution in [3.05, 3.63) is 105 Å². The molecule has 190 valence electrons. The SMILES string of the molecule is N[C@]1(c2ccc(Cl)cc2)[C@H](c2cccc(Cl)c2)N[C@@H](C(=O)NCC[C@H](O)CO)[C@@H]1c1cccc(Cl)c1. The number of aliphatic hydroxyl groups excluding tert-OH is 2. The summed E-state index contributed by atoms with van der Waals surface area (Å²) in [7, 11) is 0. The van der Waals surface area contributed by atoms with E-state index in [1.807, 2.05) is 48.5 Å². The summed E-state index contributed by atoms with van der Waals surface area (Å²) in [5.41, 5.74) is 8.70. The maximum Gasteiger partial charge on any atom is 0.237 e. The van der Waals surface area contributed by atoms with E-state index in [0.717, 1.165) is 16.7 Å². The van der Waals surface area contributed by atoms with Crippen LogP contribution in [-0.2, 0) is 10.3 Å². The third-order valence-electron chi connectivity index (χ3n) is 6.68. The van der Waals surface area contributed by atoms with Crippen LogP contribution in [0.3, 0.4) is 0 Å². The van der Waals surface area contributed by atoms with Crippen LogP contribution in [0.25, 0.3) is 0 Å². The number of nitrogens with two attached hydrogens (primary N) is 1. The third kappa shape index (κ3) is 5.55. The number of nitrogens with one attached hydrogen (secondary N) is 2. The van der Waals surface area contributed by atoms with E-state index in [-0.39, 0.29) is 25.5 Å². The number of benzene rings is 3. The highest BCUT2D eigenvalue weighted by Crippen LogP contribution is 2.51. The van der Waals surface area contributed by atoms with Gasteiger partial charge in [0, 0.05) is 27.5 Å². The van der Waals surface area contributed by atoms with Gasteiger partial charge < -0.3 is 21.3 Å². The zero-order chi connectivity index (χ0) is 25.9. The molecular formula is C27H28Cl3N3O3. The maximum absolute atomic E-state index is 13.5. The van der Waals surface area contributed by atoms with Crippen molar-refractivity contribution >= 4 is 40.7 Å². The van der Waals surface area contributed by atoms with Gasteiger partial charge >= 0.3 is 0 Å². The lowest BCUT2D eigenvalue weighted by Crippen LogP contribution is -2.48. The highest BCUT2D eigenvalue weighted by molar-refractivity contribution is 6.31. The lowest BCUT2D eigenvalue weighted by molar-refractivity contribution is -0.123. The zero-order valence-corrected chi connectivity index (χ0v) is 21.6. The summed E-state index contributed by atoms with van der Waals surface area (Å²) in [5, 5.41) is 26.8. The first-order chi connectivity index (χ1) is 17.2. The molecule has 5 atom stereocenters. The number of rotatable bonds is 8. The summed E-state index contributed by atoms with van der Waals surface area (Å²) < 4.78 is 0.